The highest BCUT2D eigenvalue weighted by molar-refractivity contribution is 5.49. The predicted octanol–water partition coefficient (Wildman–Crippen LogP) is 0.201. The zero-order valence-corrected chi connectivity index (χ0v) is 7.41. The van der Waals surface area contributed by atoms with Gasteiger partial charge in [-0.1, -0.05) is 12.1 Å². The molecule has 0 aromatic heterocycles. The Morgan fingerprint density at radius 1 is 1.46 bits per heavy atom. The molecule has 0 fully saturated rings. The van der Waals surface area contributed by atoms with Crippen LogP contribution in [0.15, 0.2) is 18.2 Å². The Hall–Kier alpha value is -1.26. The summed E-state index contributed by atoms with van der Waals surface area (Å²) in [7, 11) is 1.59. The number of rotatable bonds is 1. The standard InChI is InChI=1S/C9H12N2O2/c1-12-7-4-2-3-6-5-9(10,11)13-8(6)7/h2-4H,5,10-11H2,1H3. The summed E-state index contributed by atoms with van der Waals surface area (Å²) < 4.78 is 10.5. The molecule has 4 N–H and O–H groups in total. The molecule has 0 aliphatic carbocycles. The van der Waals surface area contributed by atoms with Crippen LogP contribution in [-0.4, -0.2) is 13.0 Å². The second-order valence-electron chi connectivity index (χ2n) is 3.18. The first kappa shape index (κ1) is 8.34. The number of nitrogens with two attached hydrogens (primary N) is 2. The highest BCUT2D eigenvalue weighted by Gasteiger charge is 2.33. The van der Waals surface area contributed by atoms with Crippen molar-refractivity contribution in [2.75, 3.05) is 7.11 Å². The normalized spacial score (nSPS) is 17.8. The third-order valence-electron chi connectivity index (χ3n) is 2.04. The molecular weight excluding hydrogens is 168 g/mol. The smallest absolute Gasteiger partial charge is 0.217 e. The molecular formula is C9H12N2O2. The van der Waals surface area contributed by atoms with E-state index in [1.54, 1.807) is 7.11 Å². The maximum atomic E-state index is 5.65. The zero-order chi connectivity index (χ0) is 9.47. The molecule has 1 heterocycles. The van der Waals surface area contributed by atoms with Crippen LogP contribution < -0.4 is 20.9 Å². The van der Waals surface area contributed by atoms with E-state index in [9.17, 15) is 0 Å². The summed E-state index contributed by atoms with van der Waals surface area (Å²) >= 11 is 0. The van der Waals surface area contributed by atoms with Crippen molar-refractivity contribution in [3.8, 4) is 11.5 Å². The van der Waals surface area contributed by atoms with Crippen LogP contribution in [0.3, 0.4) is 0 Å². The number of ether oxygens (including phenoxy) is 2. The van der Waals surface area contributed by atoms with Gasteiger partial charge >= 0.3 is 0 Å². The first-order chi connectivity index (χ1) is 6.12. The van der Waals surface area contributed by atoms with Crippen molar-refractivity contribution in [1.29, 1.82) is 0 Å². The molecule has 1 aliphatic heterocycles. The topological polar surface area (TPSA) is 70.5 Å². The summed E-state index contributed by atoms with van der Waals surface area (Å²) in [6.07, 6.45) is 0.513. The molecule has 1 aromatic rings. The minimum atomic E-state index is -1.09. The lowest BCUT2D eigenvalue weighted by atomic mass is 10.1. The maximum absolute atomic E-state index is 5.65. The third-order valence-corrected chi connectivity index (χ3v) is 2.04. The SMILES string of the molecule is COc1cccc2c1OC(N)(N)C2. The van der Waals surface area contributed by atoms with Gasteiger partial charge in [-0.2, -0.15) is 0 Å². The van der Waals surface area contributed by atoms with Gasteiger partial charge in [0.25, 0.3) is 0 Å². The van der Waals surface area contributed by atoms with Gasteiger partial charge in [-0.3, -0.25) is 11.5 Å². The molecule has 0 amide bonds. The van der Waals surface area contributed by atoms with Gasteiger partial charge in [-0.25, -0.2) is 0 Å². The molecule has 13 heavy (non-hydrogen) atoms. The Labute approximate surface area is 76.4 Å². The lowest BCUT2D eigenvalue weighted by Gasteiger charge is -2.17. The average Bonchev–Trinajstić information content (AvgIpc) is 2.37. The molecule has 1 aliphatic rings. The highest BCUT2D eigenvalue weighted by atomic mass is 16.6. The first-order valence-electron chi connectivity index (χ1n) is 4.05. The summed E-state index contributed by atoms with van der Waals surface area (Å²) in [5, 5.41) is 0. The monoisotopic (exact) mass is 180 g/mol. The minimum absolute atomic E-state index is 0.513. The van der Waals surface area contributed by atoms with Gasteiger partial charge in [-0.05, 0) is 6.07 Å². The van der Waals surface area contributed by atoms with Gasteiger partial charge < -0.3 is 9.47 Å². The van der Waals surface area contributed by atoms with Gasteiger partial charge in [0, 0.05) is 12.0 Å². The van der Waals surface area contributed by atoms with Gasteiger partial charge in [0.2, 0.25) is 5.85 Å². The average molecular weight is 180 g/mol. The molecule has 2 rings (SSSR count). The lowest BCUT2D eigenvalue weighted by molar-refractivity contribution is 0.107. The summed E-state index contributed by atoms with van der Waals surface area (Å²) in [5.41, 5.74) is 12.3. The van der Waals surface area contributed by atoms with Crippen molar-refractivity contribution < 1.29 is 9.47 Å². The van der Waals surface area contributed by atoms with Crippen molar-refractivity contribution in [3.05, 3.63) is 23.8 Å². The Bertz CT molecular complexity index is 336. The molecule has 0 atom stereocenters. The fraction of sp³-hybridized carbons (Fsp3) is 0.333. The number of fused-ring (bicyclic) bond motifs is 1. The molecule has 4 nitrogen and oxygen atoms in total. The van der Waals surface area contributed by atoms with E-state index in [2.05, 4.69) is 0 Å². The highest BCUT2D eigenvalue weighted by Crippen LogP contribution is 2.38. The number of methoxy groups -OCH3 is 1. The van der Waals surface area contributed by atoms with Crippen LogP contribution in [-0.2, 0) is 6.42 Å². The Morgan fingerprint density at radius 2 is 2.23 bits per heavy atom. The van der Waals surface area contributed by atoms with Gasteiger partial charge in [0.15, 0.2) is 11.5 Å². The van der Waals surface area contributed by atoms with E-state index >= 15 is 0 Å². The molecule has 0 spiro atoms. The van der Waals surface area contributed by atoms with Crippen LogP contribution in [0, 0.1) is 0 Å². The first-order valence-corrected chi connectivity index (χ1v) is 4.05. The quantitative estimate of drug-likeness (QED) is 0.606. The van der Waals surface area contributed by atoms with E-state index in [-0.39, 0.29) is 0 Å². The molecule has 0 bridgehead atoms. The molecule has 0 saturated heterocycles. The number of benzene rings is 1. The Balaban J connectivity index is 2.45. The van der Waals surface area contributed by atoms with E-state index in [4.69, 9.17) is 20.9 Å². The lowest BCUT2D eigenvalue weighted by Crippen LogP contribution is -2.53. The van der Waals surface area contributed by atoms with Crippen LogP contribution in [0.25, 0.3) is 0 Å². The van der Waals surface area contributed by atoms with Gasteiger partial charge in [0.05, 0.1) is 7.11 Å². The van der Waals surface area contributed by atoms with Crippen LogP contribution in [0.5, 0.6) is 11.5 Å². The van der Waals surface area contributed by atoms with E-state index in [1.807, 2.05) is 18.2 Å². The van der Waals surface area contributed by atoms with Crippen molar-refractivity contribution in [2.45, 2.75) is 12.3 Å². The van der Waals surface area contributed by atoms with Crippen LogP contribution in [0.2, 0.25) is 0 Å². The summed E-state index contributed by atoms with van der Waals surface area (Å²) in [5.74, 6) is 0.252. The second kappa shape index (κ2) is 2.61. The van der Waals surface area contributed by atoms with E-state index < -0.39 is 5.85 Å². The van der Waals surface area contributed by atoms with Crippen LogP contribution >= 0.6 is 0 Å². The summed E-state index contributed by atoms with van der Waals surface area (Å²) in [6, 6.07) is 5.64. The summed E-state index contributed by atoms with van der Waals surface area (Å²) in [6.45, 7) is 0. The van der Waals surface area contributed by atoms with Crippen molar-refractivity contribution in [3.63, 3.8) is 0 Å². The fourth-order valence-corrected chi connectivity index (χ4v) is 1.50. The number of hydrogen-bond donors (Lipinski definition) is 2. The van der Waals surface area contributed by atoms with Gasteiger partial charge in [0.1, 0.15) is 0 Å². The zero-order valence-electron chi connectivity index (χ0n) is 7.41. The second-order valence-corrected chi connectivity index (χ2v) is 3.18. The van der Waals surface area contributed by atoms with Crippen LogP contribution in [0.1, 0.15) is 5.56 Å². The molecule has 0 saturated carbocycles. The molecule has 0 radical (unpaired) electrons. The molecule has 70 valence electrons. The molecule has 1 aromatic carbocycles. The van der Waals surface area contributed by atoms with E-state index in [0.717, 1.165) is 5.56 Å². The maximum Gasteiger partial charge on any atom is 0.217 e. The third kappa shape index (κ3) is 1.34. The van der Waals surface area contributed by atoms with Crippen molar-refractivity contribution >= 4 is 0 Å². The Morgan fingerprint density at radius 3 is 2.92 bits per heavy atom. The predicted molar refractivity (Wildman–Crippen MR) is 48.4 cm³/mol. The largest absolute Gasteiger partial charge is 0.493 e. The number of para-hydroxylation sites is 1. The van der Waals surface area contributed by atoms with Gasteiger partial charge in [-0.15, -0.1) is 0 Å². The minimum Gasteiger partial charge on any atom is -0.493 e. The number of hydrogen-bond acceptors (Lipinski definition) is 4. The van der Waals surface area contributed by atoms with Crippen LogP contribution in [0.4, 0.5) is 0 Å². The fourth-order valence-electron chi connectivity index (χ4n) is 1.50. The van der Waals surface area contributed by atoms with Crippen molar-refractivity contribution in [2.24, 2.45) is 11.5 Å². The summed E-state index contributed by atoms with van der Waals surface area (Å²) in [4.78, 5) is 0. The van der Waals surface area contributed by atoms with E-state index in [0.29, 0.717) is 17.9 Å². The Kier molecular flexibility index (Phi) is 1.68. The molecule has 0 unspecified atom stereocenters. The molecule has 4 heteroatoms. The van der Waals surface area contributed by atoms with E-state index in [1.165, 1.54) is 0 Å². The van der Waals surface area contributed by atoms with Crippen molar-refractivity contribution in [1.82, 2.24) is 0 Å².